The fourth-order valence-corrected chi connectivity index (χ4v) is 1.82. The van der Waals surface area contributed by atoms with Gasteiger partial charge in [-0.1, -0.05) is 16.8 Å². The predicted octanol–water partition coefficient (Wildman–Crippen LogP) is 2.78. The first-order valence-electron chi connectivity index (χ1n) is 6.03. The van der Waals surface area contributed by atoms with E-state index in [1.54, 1.807) is 6.20 Å². The van der Waals surface area contributed by atoms with E-state index in [1.807, 2.05) is 20.8 Å². The third kappa shape index (κ3) is 3.14. The number of anilines is 2. The lowest BCUT2D eigenvalue weighted by Crippen LogP contribution is -2.07. The Bertz CT molecular complexity index is 550. The van der Waals surface area contributed by atoms with Gasteiger partial charge in [-0.2, -0.15) is 4.98 Å². The molecule has 0 amide bonds. The molecule has 0 radical (unpaired) electrons. The number of rotatable bonds is 5. The molecule has 0 spiro atoms. The third-order valence-corrected chi connectivity index (χ3v) is 2.97. The van der Waals surface area contributed by atoms with E-state index in [0.717, 1.165) is 23.6 Å². The van der Waals surface area contributed by atoms with E-state index in [1.165, 1.54) is 0 Å². The summed E-state index contributed by atoms with van der Waals surface area (Å²) in [5.74, 6) is 1.93. The standard InChI is InChI=1S/C12H16ClN5O/c1-4-14-12-16-6-10(13)11(17-12)15-5-9-7(2)18-19-8(9)3/h6H,4-5H2,1-3H3,(H2,14,15,16,17). The normalized spacial score (nSPS) is 10.5. The van der Waals surface area contributed by atoms with Gasteiger partial charge in [-0.3, -0.25) is 0 Å². The number of aryl methyl sites for hydroxylation is 2. The lowest BCUT2D eigenvalue weighted by molar-refractivity contribution is 0.392. The summed E-state index contributed by atoms with van der Waals surface area (Å²) in [6, 6.07) is 0. The molecule has 0 aliphatic heterocycles. The van der Waals surface area contributed by atoms with Crippen LogP contribution in [0.3, 0.4) is 0 Å². The molecule has 0 bridgehead atoms. The zero-order chi connectivity index (χ0) is 13.8. The predicted molar refractivity (Wildman–Crippen MR) is 74.5 cm³/mol. The van der Waals surface area contributed by atoms with Crippen molar-refractivity contribution in [1.82, 2.24) is 15.1 Å². The Morgan fingerprint density at radius 2 is 2.11 bits per heavy atom. The van der Waals surface area contributed by atoms with E-state index in [9.17, 15) is 0 Å². The van der Waals surface area contributed by atoms with Gasteiger partial charge in [0.05, 0.1) is 11.9 Å². The molecule has 2 heterocycles. The van der Waals surface area contributed by atoms with E-state index < -0.39 is 0 Å². The van der Waals surface area contributed by atoms with Gasteiger partial charge < -0.3 is 15.2 Å². The van der Waals surface area contributed by atoms with Crippen LogP contribution in [0.2, 0.25) is 5.02 Å². The summed E-state index contributed by atoms with van der Waals surface area (Å²) in [6.45, 7) is 7.07. The average molecular weight is 282 g/mol. The molecule has 7 heteroatoms. The van der Waals surface area contributed by atoms with Gasteiger partial charge in [0.15, 0.2) is 5.82 Å². The highest BCUT2D eigenvalue weighted by molar-refractivity contribution is 6.32. The van der Waals surface area contributed by atoms with Gasteiger partial charge in [0.25, 0.3) is 0 Å². The SMILES string of the molecule is CCNc1ncc(Cl)c(NCc2c(C)noc2C)n1. The lowest BCUT2D eigenvalue weighted by atomic mass is 10.2. The minimum atomic E-state index is 0.480. The van der Waals surface area contributed by atoms with Crippen LogP contribution in [0.25, 0.3) is 0 Å². The van der Waals surface area contributed by atoms with Crippen molar-refractivity contribution in [1.29, 1.82) is 0 Å². The van der Waals surface area contributed by atoms with Crippen LogP contribution in [0.1, 0.15) is 23.9 Å². The fraction of sp³-hybridized carbons (Fsp3) is 0.417. The van der Waals surface area contributed by atoms with Crippen molar-refractivity contribution in [3.05, 3.63) is 28.2 Å². The van der Waals surface area contributed by atoms with Crippen molar-refractivity contribution < 1.29 is 4.52 Å². The van der Waals surface area contributed by atoms with Crippen LogP contribution in [-0.4, -0.2) is 21.7 Å². The number of hydrogen-bond donors (Lipinski definition) is 2. The molecule has 0 atom stereocenters. The van der Waals surface area contributed by atoms with Crippen molar-refractivity contribution in [2.24, 2.45) is 0 Å². The first kappa shape index (κ1) is 13.6. The molecule has 0 fully saturated rings. The maximum atomic E-state index is 6.06. The molecule has 2 rings (SSSR count). The van der Waals surface area contributed by atoms with E-state index in [2.05, 4.69) is 25.8 Å². The van der Waals surface area contributed by atoms with E-state index >= 15 is 0 Å². The van der Waals surface area contributed by atoms with Gasteiger partial charge in [-0.15, -0.1) is 0 Å². The second kappa shape index (κ2) is 5.88. The zero-order valence-corrected chi connectivity index (χ0v) is 11.9. The van der Waals surface area contributed by atoms with Crippen LogP contribution in [0, 0.1) is 13.8 Å². The van der Waals surface area contributed by atoms with Gasteiger partial charge in [-0.25, -0.2) is 4.98 Å². The molecule has 2 aromatic rings. The van der Waals surface area contributed by atoms with E-state index in [0.29, 0.717) is 23.3 Å². The summed E-state index contributed by atoms with van der Waals surface area (Å²) in [7, 11) is 0. The van der Waals surface area contributed by atoms with Gasteiger partial charge in [0, 0.05) is 18.7 Å². The van der Waals surface area contributed by atoms with E-state index in [4.69, 9.17) is 16.1 Å². The van der Waals surface area contributed by atoms with Crippen LogP contribution in [0.5, 0.6) is 0 Å². The van der Waals surface area contributed by atoms with Crippen LogP contribution in [0.4, 0.5) is 11.8 Å². The molecule has 0 unspecified atom stereocenters. The number of aromatic nitrogens is 3. The third-order valence-electron chi connectivity index (χ3n) is 2.69. The molecule has 102 valence electrons. The lowest BCUT2D eigenvalue weighted by Gasteiger charge is -2.09. The summed E-state index contributed by atoms with van der Waals surface area (Å²) >= 11 is 6.06. The second-order valence-electron chi connectivity index (χ2n) is 4.08. The number of halogens is 1. The Balaban J connectivity index is 2.12. The van der Waals surface area contributed by atoms with Gasteiger partial charge in [0.2, 0.25) is 5.95 Å². The monoisotopic (exact) mass is 281 g/mol. The minimum Gasteiger partial charge on any atom is -0.364 e. The first-order valence-corrected chi connectivity index (χ1v) is 6.41. The molecular weight excluding hydrogens is 266 g/mol. The first-order chi connectivity index (χ1) is 9.11. The smallest absolute Gasteiger partial charge is 0.224 e. The molecule has 19 heavy (non-hydrogen) atoms. The summed E-state index contributed by atoms with van der Waals surface area (Å²) < 4.78 is 5.11. The molecule has 6 nitrogen and oxygen atoms in total. The summed E-state index contributed by atoms with van der Waals surface area (Å²) in [5.41, 5.74) is 1.88. The van der Waals surface area contributed by atoms with E-state index in [-0.39, 0.29) is 0 Å². The summed E-state index contributed by atoms with van der Waals surface area (Å²) in [6.07, 6.45) is 1.57. The second-order valence-corrected chi connectivity index (χ2v) is 4.48. The number of nitrogens with zero attached hydrogens (tertiary/aromatic N) is 3. The van der Waals surface area contributed by atoms with Crippen LogP contribution in [0.15, 0.2) is 10.7 Å². The Hall–Kier alpha value is -1.82. The summed E-state index contributed by atoms with van der Waals surface area (Å²) in [4.78, 5) is 8.39. The largest absolute Gasteiger partial charge is 0.364 e. The molecular formula is C12H16ClN5O. The minimum absolute atomic E-state index is 0.480. The van der Waals surface area contributed by atoms with Gasteiger partial charge in [-0.05, 0) is 20.8 Å². The Morgan fingerprint density at radius 1 is 1.32 bits per heavy atom. The molecule has 0 aliphatic rings. The van der Waals surface area contributed by atoms with Crippen LogP contribution < -0.4 is 10.6 Å². The van der Waals surface area contributed by atoms with Gasteiger partial charge in [0.1, 0.15) is 10.8 Å². The highest BCUT2D eigenvalue weighted by Crippen LogP contribution is 2.21. The van der Waals surface area contributed by atoms with Crippen molar-refractivity contribution >= 4 is 23.4 Å². The fourth-order valence-electron chi connectivity index (χ4n) is 1.66. The highest BCUT2D eigenvalue weighted by atomic mass is 35.5. The van der Waals surface area contributed by atoms with Crippen molar-refractivity contribution in [2.75, 3.05) is 17.2 Å². The number of hydrogen-bond acceptors (Lipinski definition) is 6. The molecule has 0 aromatic carbocycles. The molecule has 2 aromatic heterocycles. The highest BCUT2D eigenvalue weighted by Gasteiger charge is 2.10. The van der Waals surface area contributed by atoms with Crippen molar-refractivity contribution in [2.45, 2.75) is 27.3 Å². The average Bonchev–Trinajstić information content (AvgIpc) is 2.70. The zero-order valence-electron chi connectivity index (χ0n) is 11.1. The Labute approximate surface area is 116 Å². The number of nitrogens with one attached hydrogen (secondary N) is 2. The molecule has 0 aliphatic carbocycles. The molecule has 0 saturated carbocycles. The Morgan fingerprint density at radius 3 is 2.74 bits per heavy atom. The molecule has 0 saturated heterocycles. The van der Waals surface area contributed by atoms with Crippen LogP contribution >= 0.6 is 11.6 Å². The Kier molecular flexibility index (Phi) is 4.21. The van der Waals surface area contributed by atoms with Gasteiger partial charge >= 0.3 is 0 Å². The maximum Gasteiger partial charge on any atom is 0.224 e. The summed E-state index contributed by atoms with van der Waals surface area (Å²) in [5, 5.41) is 10.6. The van der Waals surface area contributed by atoms with Crippen LogP contribution in [-0.2, 0) is 6.54 Å². The van der Waals surface area contributed by atoms with Crippen molar-refractivity contribution in [3.8, 4) is 0 Å². The van der Waals surface area contributed by atoms with Crippen molar-refractivity contribution in [3.63, 3.8) is 0 Å². The molecule has 2 N–H and O–H groups in total. The topological polar surface area (TPSA) is 75.9 Å². The quantitative estimate of drug-likeness (QED) is 0.878. The maximum absolute atomic E-state index is 6.06.